The monoisotopic (exact) mass is 278 g/mol. The number of hydrogen-bond acceptors (Lipinski definition) is 2. The highest BCUT2D eigenvalue weighted by atomic mass is 16.4. The van der Waals surface area contributed by atoms with Crippen molar-refractivity contribution in [1.29, 1.82) is 0 Å². The van der Waals surface area contributed by atoms with Gasteiger partial charge in [-0.3, -0.25) is 9.59 Å². The molecule has 4 heteroatoms. The molecule has 0 saturated carbocycles. The SMILES string of the molecule is C#CCC(C/C=C(\C)CCC=C(C)C)(C(=O)O)C(=O)O. The first-order valence-electron chi connectivity index (χ1n) is 6.45. The van der Waals surface area contributed by atoms with Crippen molar-refractivity contribution < 1.29 is 19.8 Å². The van der Waals surface area contributed by atoms with E-state index in [1.165, 1.54) is 5.57 Å². The minimum absolute atomic E-state index is 0.0947. The van der Waals surface area contributed by atoms with Crippen LogP contribution in [0, 0.1) is 17.8 Å². The summed E-state index contributed by atoms with van der Waals surface area (Å²) >= 11 is 0. The molecule has 0 aliphatic carbocycles. The third-order valence-electron chi connectivity index (χ3n) is 3.11. The van der Waals surface area contributed by atoms with Crippen molar-refractivity contribution in [3.05, 3.63) is 23.3 Å². The van der Waals surface area contributed by atoms with Crippen molar-refractivity contribution in [1.82, 2.24) is 0 Å². The molecule has 0 aromatic heterocycles. The molecule has 0 saturated heterocycles. The molecule has 0 amide bonds. The van der Waals surface area contributed by atoms with Gasteiger partial charge in [0.25, 0.3) is 0 Å². The topological polar surface area (TPSA) is 74.6 Å². The smallest absolute Gasteiger partial charge is 0.322 e. The third-order valence-corrected chi connectivity index (χ3v) is 3.11. The number of carboxylic acid groups (broad SMARTS) is 2. The summed E-state index contributed by atoms with van der Waals surface area (Å²) < 4.78 is 0. The molecule has 0 atom stereocenters. The van der Waals surface area contributed by atoms with Gasteiger partial charge in [0.1, 0.15) is 0 Å². The molecule has 0 aliphatic rings. The van der Waals surface area contributed by atoms with Crippen LogP contribution in [0.3, 0.4) is 0 Å². The summed E-state index contributed by atoms with van der Waals surface area (Å²) in [6.45, 7) is 5.88. The van der Waals surface area contributed by atoms with Gasteiger partial charge in [0.2, 0.25) is 0 Å². The lowest BCUT2D eigenvalue weighted by Gasteiger charge is -2.21. The predicted molar refractivity (Wildman–Crippen MR) is 78.2 cm³/mol. The Hall–Kier alpha value is -2.02. The van der Waals surface area contributed by atoms with Gasteiger partial charge in [0.15, 0.2) is 5.41 Å². The van der Waals surface area contributed by atoms with Crippen LogP contribution < -0.4 is 0 Å². The van der Waals surface area contributed by atoms with Gasteiger partial charge in [-0.15, -0.1) is 12.3 Å². The molecule has 0 aromatic carbocycles. The second-order valence-corrected chi connectivity index (χ2v) is 5.15. The molecular formula is C16H22O4. The lowest BCUT2D eigenvalue weighted by atomic mass is 9.80. The van der Waals surface area contributed by atoms with Gasteiger partial charge in [-0.05, 0) is 40.0 Å². The van der Waals surface area contributed by atoms with Crippen molar-refractivity contribution in [3.63, 3.8) is 0 Å². The fraction of sp³-hybridized carbons (Fsp3) is 0.500. The van der Waals surface area contributed by atoms with Crippen molar-refractivity contribution in [2.45, 2.75) is 46.5 Å². The van der Waals surface area contributed by atoms with Crippen molar-refractivity contribution >= 4 is 11.9 Å². The summed E-state index contributed by atoms with van der Waals surface area (Å²) in [6.07, 6.45) is 10.1. The van der Waals surface area contributed by atoms with Crippen LogP contribution in [-0.2, 0) is 9.59 Å². The number of allylic oxidation sites excluding steroid dienone is 4. The molecule has 4 nitrogen and oxygen atoms in total. The quantitative estimate of drug-likeness (QED) is 0.406. The summed E-state index contributed by atoms with van der Waals surface area (Å²) in [5, 5.41) is 18.3. The molecule has 0 aromatic rings. The van der Waals surface area contributed by atoms with Gasteiger partial charge in [0.05, 0.1) is 0 Å². The Kier molecular flexibility index (Phi) is 7.38. The van der Waals surface area contributed by atoms with E-state index in [1.54, 1.807) is 6.08 Å². The summed E-state index contributed by atoms with van der Waals surface area (Å²) in [5.41, 5.74) is 0.258. The fourth-order valence-corrected chi connectivity index (χ4v) is 1.70. The maximum atomic E-state index is 11.3. The van der Waals surface area contributed by atoms with Crippen LogP contribution in [0.2, 0.25) is 0 Å². The molecule has 0 heterocycles. The number of hydrogen-bond donors (Lipinski definition) is 2. The Morgan fingerprint density at radius 3 is 2.10 bits per heavy atom. The Morgan fingerprint density at radius 2 is 1.70 bits per heavy atom. The van der Waals surface area contributed by atoms with E-state index in [4.69, 9.17) is 6.42 Å². The minimum Gasteiger partial charge on any atom is -0.480 e. The largest absolute Gasteiger partial charge is 0.480 e. The van der Waals surface area contributed by atoms with E-state index in [0.717, 1.165) is 18.4 Å². The first kappa shape index (κ1) is 18.0. The van der Waals surface area contributed by atoms with Gasteiger partial charge < -0.3 is 10.2 Å². The average molecular weight is 278 g/mol. The first-order valence-corrected chi connectivity index (χ1v) is 6.45. The molecule has 0 aliphatic heterocycles. The lowest BCUT2D eigenvalue weighted by molar-refractivity contribution is -0.164. The number of carbonyl (C=O) groups is 2. The molecule has 2 N–H and O–H groups in total. The minimum atomic E-state index is -1.92. The van der Waals surface area contributed by atoms with Gasteiger partial charge in [-0.1, -0.05) is 23.3 Å². The van der Waals surface area contributed by atoms with Crippen LogP contribution in [0.25, 0.3) is 0 Å². The predicted octanol–water partition coefficient (Wildman–Crippen LogP) is 3.25. The Morgan fingerprint density at radius 1 is 1.15 bits per heavy atom. The standard InChI is InChI=1S/C16H22O4/c1-5-10-16(14(17)18,15(19)20)11-9-13(4)8-6-7-12(2)3/h1,7,9H,6,8,10-11H2,2-4H3,(H,17,18)(H,19,20)/b13-9+. The van der Waals surface area contributed by atoms with E-state index in [2.05, 4.69) is 12.0 Å². The van der Waals surface area contributed by atoms with E-state index >= 15 is 0 Å². The summed E-state index contributed by atoms with van der Waals surface area (Å²) in [4.78, 5) is 22.5. The maximum Gasteiger partial charge on any atom is 0.322 e. The van der Waals surface area contributed by atoms with Crippen LogP contribution in [0.5, 0.6) is 0 Å². The van der Waals surface area contributed by atoms with Crippen molar-refractivity contribution in [3.8, 4) is 12.3 Å². The second-order valence-electron chi connectivity index (χ2n) is 5.15. The number of aliphatic carboxylic acids is 2. The number of rotatable bonds is 8. The summed E-state index contributed by atoms with van der Waals surface area (Å²) in [7, 11) is 0. The molecule has 0 spiro atoms. The summed E-state index contributed by atoms with van der Waals surface area (Å²) in [5.74, 6) is -0.632. The van der Waals surface area contributed by atoms with Crippen LogP contribution in [0.1, 0.15) is 46.5 Å². The molecule has 0 rings (SSSR count). The van der Waals surface area contributed by atoms with Gasteiger partial charge in [-0.25, -0.2) is 0 Å². The van der Waals surface area contributed by atoms with E-state index in [1.807, 2.05) is 20.8 Å². The van der Waals surface area contributed by atoms with E-state index in [9.17, 15) is 19.8 Å². The highest BCUT2D eigenvalue weighted by molar-refractivity contribution is 5.98. The Balaban J connectivity index is 4.93. The zero-order valence-corrected chi connectivity index (χ0v) is 12.3. The van der Waals surface area contributed by atoms with Gasteiger partial charge in [-0.2, -0.15) is 0 Å². The Bertz CT molecular complexity index is 445. The zero-order valence-electron chi connectivity index (χ0n) is 12.3. The fourth-order valence-electron chi connectivity index (χ4n) is 1.70. The van der Waals surface area contributed by atoms with Crippen molar-refractivity contribution in [2.24, 2.45) is 5.41 Å². The van der Waals surface area contributed by atoms with Crippen molar-refractivity contribution in [2.75, 3.05) is 0 Å². The first-order chi connectivity index (χ1) is 9.26. The molecule has 0 fully saturated rings. The molecule has 110 valence electrons. The average Bonchev–Trinajstić information content (AvgIpc) is 2.33. The Labute approximate surface area is 120 Å². The lowest BCUT2D eigenvalue weighted by Crippen LogP contribution is -2.38. The second kappa shape index (κ2) is 8.21. The van der Waals surface area contributed by atoms with Crippen LogP contribution >= 0.6 is 0 Å². The maximum absolute atomic E-state index is 11.3. The van der Waals surface area contributed by atoms with Gasteiger partial charge in [0, 0.05) is 6.42 Å². The van der Waals surface area contributed by atoms with Gasteiger partial charge >= 0.3 is 11.9 Å². The number of carboxylic acids is 2. The molecule has 20 heavy (non-hydrogen) atoms. The molecule has 0 radical (unpaired) electrons. The molecule has 0 unspecified atom stereocenters. The van der Waals surface area contributed by atoms with Crippen LogP contribution in [-0.4, -0.2) is 22.2 Å². The highest BCUT2D eigenvalue weighted by Gasteiger charge is 2.45. The molecule has 0 bridgehead atoms. The zero-order chi connectivity index (χ0) is 15.8. The van der Waals surface area contributed by atoms with E-state index < -0.39 is 17.4 Å². The highest BCUT2D eigenvalue weighted by Crippen LogP contribution is 2.29. The molecular weight excluding hydrogens is 256 g/mol. The van der Waals surface area contributed by atoms with E-state index in [0.29, 0.717) is 0 Å². The normalized spacial score (nSPS) is 11.6. The van der Waals surface area contributed by atoms with Crippen LogP contribution in [0.15, 0.2) is 23.3 Å². The van der Waals surface area contributed by atoms with Crippen LogP contribution in [0.4, 0.5) is 0 Å². The third kappa shape index (κ3) is 5.31. The summed E-state index contributed by atoms with van der Waals surface area (Å²) in [6, 6.07) is 0. The van der Waals surface area contributed by atoms with E-state index in [-0.39, 0.29) is 12.8 Å². The number of terminal acetylenes is 1.